The van der Waals surface area contributed by atoms with Crippen molar-refractivity contribution in [3.05, 3.63) is 58.5 Å². The molecule has 3 nitrogen and oxygen atoms in total. The van der Waals surface area contributed by atoms with Crippen molar-refractivity contribution in [3.8, 4) is 0 Å². The van der Waals surface area contributed by atoms with E-state index in [1.807, 2.05) is 0 Å². The van der Waals surface area contributed by atoms with Crippen LogP contribution >= 0.6 is 46.2 Å². The first-order valence-corrected chi connectivity index (χ1v) is 13.6. The zero-order valence-electron chi connectivity index (χ0n) is 16.8. The van der Waals surface area contributed by atoms with Crippen molar-refractivity contribution >= 4 is 66.6 Å². The van der Waals surface area contributed by atoms with Crippen molar-refractivity contribution in [1.29, 1.82) is 0 Å². The molecule has 7 heteroatoms. The summed E-state index contributed by atoms with van der Waals surface area (Å²) < 4.78 is 5.90. The molecular formula is C23H23N3S4. The highest BCUT2D eigenvalue weighted by molar-refractivity contribution is 8.23. The van der Waals surface area contributed by atoms with E-state index in [-0.39, 0.29) is 0 Å². The van der Waals surface area contributed by atoms with E-state index in [2.05, 4.69) is 60.8 Å². The average Bonchev–Trinajstić information content (AvgIpc) is 3.36. The topological polar surface area (TPSA) is 37.8 Å². The van der Waals surface area contributed by atoms with E-state index in [0.717, 1.165) is 19.7 Å². The third-order valence-electron chi connectivity index (χ3n) is 5.24. The Hall–Kier alpha value is -1.54. The van der Waals surface area contributed by atoms with Crippen LogP contribution in [0.4, 0.5) is 0 Å². The molecule has 2 aromatic heterocycles. The second-order valence-corrected chi connectivity index (χ2v) is 12.3. The van der Waals surface area contributed by atoms with Gasteiger partial charge >= 0.3 is 0 Å². The van der Waals surface area contributed by atoms with Crippen LogP contribution in [0.3, 0.4) is 0 Å². The first-order valence-electron chi connectivity index (χ1n) is 10.3. The summed E-state index contributed by atoms with van der Waals surface area (Å²) in [6, 6.07) is 17.3. The Morgan fingerprint density at radius 3 is 1.90 bits per heavy atom. The number of rotatable bonds is 6. The highest BCUT2D eigenvalue weighted by atomic mass is 32.2. The molecule has 2 heterocycles. The molecule has 0 atom stereocenters. The normalized spacial score (nSPS) is 15.0. The van der Waals surface area contributed by atoms with E-state index in [1.165, 1.54) is 51.4 Å². The largest absolute Gasteiger partial charge is 0.384 e. The Morgan fingerprint density at radius 2 is 1.37 bits per heavy atom. The highest BCUT2D eigenvalue weighted by Gasteiger charge is 2.18. The summed E-state index contributed by atoms with van der Waals surface area (Å²) in [5.41, 5.74) is 3.40. The Labute approximate surface area is 193 Å². The number of fused-ring (bicyclic) bond motifs is 2. The fourth-order valence-electron chi connectivity index (χ4n) is 3.73. The van der Waals surface area contributed by atoms with Gasteiger partial charge in [0, 0.05) is 11.7 Å². The van der Waals surface area contributed by atoms with Gasteiger partial charge in [0.05, 0.1) is 24.7 Å². The van der Waals surface area contributed by atoms with Crippen LogP contribution in [0.1, 0.15) is 39.0 Å². The lowest BCUT2D eigenvalue weighted by Crippen LogP contribution is -2.29. The Balaban J connectivity index is 1.44. The third-order valence-corrected chi connectivity index (χ3v) is 9.92. The van der Waals surface area contributed by atoms with E-state index in [9.17, 15) is 0 Å². The minimum atomic E-state index is 0.584. The molecule has 1 aliphatic rings. The number of thioether (sulfide) groups is 2. The average molecular weight is 470 g/mol. The van der Waals surface area contributed by atoms with Crippen molar-refractivity contribution in [2.75, 3.05) is 0 Å². The molecule has 1 aliphatic carbocycles. The van der Waals surface area contributed by atoms with Crippen molar-refractivity contribution < 1.29 is 0 Å². The minimum Gasteiger partial charge on any atom is -0.384 e. The van der Waals surface area contributed by atoms with Crippen LogP contribution in [0.15, 0.2) is 67.1 Å². The summed E-state index contributed by atoms with van der Waals surface area (Å²) in [5.74, 6) is 0. The predicted molar refractivity (Wildman–Crippen MR) is 134 cm³/mol. The molecule has 1 fully saturated rings. The van der Waals surface area contributed by atoms with Gasteiger partial charge in [0.1, 0.15) is 0 Å². The fraction of sp³-hybridized carbons (Fsp3) is 0.304. The molecule has 4 aromatic rings. The number of hydrogen-bond acceptors (Lipinski definition) is 7. The monoisotopic (exact) mass is 469 g/mol. The summed E-state index contributed by atoms with van der Waals surface area (Å²) in [6.45, 7) is 2.21. The van der Waals surface area contributed by atoms with Crippen LogP contribution < -0.4 is 5.32 Å². The number of nitrogens with zero attached hydrogens (tertiary/aromatic N) is 2. The molecular weight excluding hydrogens is 447 g/mol. The van der Waals surface area contributed by atoms with Crippen LogP contribution in [-0.4, -0.2) is 16.0 Å². The summed E-state index contributed by atoms with van der Waals surface area (Å²) in [4.78, 5) is 9.71. The second-order valence-electron chi connectivity index (χ2n) is 7.49. The van der Waals surface area contributed by atoms with Gasteiger partial charge in [0.25, 0.3) is 0 Å². The molecule has 1 N–H and O–H groups in total. The van der Waals surface area contributed by atoms with E-state index < -0.39 is 0 Å². The number of aromatic nitrogens is 2. The van der Waals surface area contributed by atoms with Crippen LogP contribution in [0.2, 0.25) is 0 Å². The van der Waals surface area contributed by atoms with Gasteiger partial charge in [-0.05, 0) is 67.6 Å². The van der Waals surface area contributed by atoms with Crippen molar-refractivity contribution in [2.24, 2.45) is 0 Å². The zero-order chi connectivity index (χ0) is 20.3. The van der Waals surface area contributed by atoms with Gasteiger partial charge in [-0.1, -0.05) is 43.5 Å². The molecule has 30 heavy (non-hydrogen) atoms. The molecule has 0 saturated heterocycles. The number of hydrogen-bond donors (Lipinski definition) is 1. The SMILES string of the molecule is CC(NC1CCCCC1)=C(Sc1nc2ccccc2s1)Sc1nc2ccccc2s1. The lowest BCUT2D eigenvalue weighted by molar-refractivity contribution is 0.397. The smallest absolute Gasteiger partial charge is 0.156 e. The van der Waals surface area contributed by atoms with Gasteiger partial charge in [-0.3, -0.25) is 0 Å². The Kier molecular flexibility index (Phi) is 6.32. The molecule has 0 aliphatic heterocycles. The van der Waals surface area contributed by atoms with Crippen LogP contribution in [0.5, 0.6) is 0 Å². The van der Waals surface area contributed by atoms with Crippen molar-refractivity contribution in [1.82, 2.24) is 15.3 Å². The Morgan fingerprint density at radius 1 is 0.833 bits per heavy atom. The molecule has 0 amide bonds. The molecule has 0 spiro atoms. The van der Waals surface area contributed by atoms with E-state index in [1.54, 1.807) is 46.2 Å². The first-order chi connectivity index (χ1) is 14.7. The number of thiazole rings is 2. The molecule has 2 aromatic carbocycles. The van der Waals surface area contributed by atoms with Crippen LogP contribution in [-0.2, 0) is 0 Å². The van der Waals surface area contributed by atoms with Crippen LogP contribution in [0.25, 0.3) is 20.4 Å². The predicted octanol–water partition coefficient (Wildman–Crippen LogP) is 7.90. The van der Waals surface area contributed by atoms with Gasteiger partial charge in [0.2, 0.25) is 0 Å². The van der Waals surface area contributed by atoms with Gasteiger partial charge in [-0.15, -0.1) is 22.7 Å². The summed E-state index contributed by atoms with van der Waals surface area (Å²) in [6.07, 6.45) is 6.56. The minimum absolute atomic E-state index is 0.584. The maximum absolute atomic E-state index is 4.86. The van der Waals surface area contributed by atoms with Gasteiger partial charge < -0.3 is 5.32 Å². The number of nitrogens with one attached hydrogen (secondary N) is 1. The molecule has 0 radical (unpaired) electrons. The second kappa shape index (κ2) is 9.30. The molecule has 1 saturated carbocycles. The fourth-order valence-corrected chi connectivity index (χ4v) is 8.49. The summed E-state index contributed by atoms with van der Waals surface area (Å²) in [5, 5.41) is 3.82. The quantitative estimate of drug-likeness (QED) is 0.290. The van der Waals surface area contributed by atoms with Crippen molar-refractivity contribution in [2.45, 2.75) is 53.7 Å². The lowest BCUT2D eigenvalue weighted by atomic mass is 9.95. The molecule has 154 valence electrons. The van der Waals surface area contributed by atoms with E-state index >= 15 is 0 Å². The maximum Gasteiger partial charge on any atom is 0.156 e. The number of benzene rings is 2. The molecule has 0 bridgehead atoms. The standard InChI is InChI=1S/C23H23N3S4/c1-15(24-16-9-3-2-4-10-16)21(29-22-25-17-11-5-7-13-19(17)27-22)30-23-26-18-12-6-8-14-20(18)28-23/h5-8,11-14,16,24H,2-4,9-10H2,1H3. The summed E-state index contributed by atoms with van der Waals surface area (Å²) >= 11 is 7.07. The maximum atomic E-state index is 4.86. The van der Waals surface area contributed by atoms with E-state index in [0.29, 0.717) is 6.04 Å². The van der Waals surface area contributed by atoms with E-state index in [4.69, 9.17) is 9.97 Å². The molecule has 5 rings (SSSR count). The number of allylic oxidation sites excluding steroid dienone is 1. The third kappa shape index (κ3) is 4.69. The Bertz CT molecular complexity index is 1040. The first kappa shape index (κ1) is 20.4. The summed E-state index contributed by atoms with van der Waals surface area (Å²) in [7, 11) is 0. The van der Waals surface area contributed by atoms with Crippen LogP contribution in [0, 0.1) is 0 Å². The number of para-hydroxylation sites is 2. The van der Waals surface area contributed by atoms with Gasteiger partial charge in [-0.25, -0.2) is 9.97 Å². The molecule has 0 unspecified atom stereocenters. The van der Waals surface area contributed by atoms with Gasteiger partial charge in [-0.2, -0.15) is 0 Å². The van der Waals surface area contributed by atoms with Crippen molar-refractivity contribution in [3.63, 3.8) is 0 Å². The lowest BCUT2D eigenvalue weighted by Gasteiger charge is -2.25. The van der Waals surface area contributed by atoms with Gasteiger partial charge in [0.15, 0.2) is 8.68 Å². The zero-order valence-corrected chi connectivity index (χ0v) is 20.0. The highest BCUT2D eigenvalue weighted by Crippen LogP contribution is 2.45.